The van der Waals surface area contributed by atoms with Crippen molar-refractivity contribution in [2.45, 2.75) is 32.4 Å². The van der Waals surface area contributed by atoms with Gasteiger partial charge in [0.1, 0.15) is 5.75 Å². The normalized spacial score (nSPS) is 14.3. The third-order valence-electron chi connectivity index (χ3n) is 3.40. The third-order valence-corrected chi connectivity index (χ3v) is 3.40. The van der Waals surface area contributed by atoms with Crippen LogP contribution >= 0.6 is 0 Å². The van der Waals surface area contributed by atoms with Crippen molar-refractivity contribution in [1.82, 2.24) is 10.3 Å². The first-order valence-corrected chi connectivity index (χ1v) is 6.84. The van der Waals surface area contributed by atoms with Crippen LogP contribution in [0.3, 0.4) is 0 Å². The lowest BCUT2D eigenvalue weighted by Gasteiger charge is -2.10. The molecule has 20 heavy (non-hydrogen) atoms. The first-order valence-electron chi connectivity index (χ1n) is 6.84. The molecule has 1 fully saturated rings. The highest BCUT2D eigenvalue weighted by atomic mass is 19.1. The Balaban J connectivity index is 1.78. The number of aromatic nitrogens is 1. The average Bonchev–Trinajstić information content (AvgIpc) is 3.26. The summed E-state index contributed by atoms with van der Waals surface area (Å²) < 4.78 is 19.9. The van der Waals surface area contributed by atoms with Crippen LogP contribution in [0.15, 0.2) is 36.5 Å². The van der Waals surface area contributed by atoms with E-state index in [1.54, 1.807) is 12.3 Å². The van der Waals surface area contributed by atoms with Crippen molar-refractivity contribution >= 4 is 0 Å². The second-order valence-corrected chi connectivity index (χ2v) is 5.11. The molecule has 0 spiro atoms. The molecule has 0 saturated heterocycles. The topological polar surface area (TPSA) is 34.1 Å². The predicted octanol–water partition coefficient (Wildman–Crippen LogP) is 3.57. The number of rotatable bonds is 5. The Morgan fingerprint density at radius 1 is 1.30 bits per heavy atom. The molecule has 1 aliphatic rings. The van der Waals surface area contributed by atoms with Crippen LogP contribution < -0.4 is 10.1 Å². The Labute approximate surface area is 117 Å². The molecule has 0 unspecified atom stereocenters. The van der Waals surface area contributed by atoms with E-state index in [0.29, 0.717) is 23.9 Å². The molecule has 1 aliphatic carbocycles. The molecule has 0 atom stereocenters. The maximum Gasteiger partial charge on any atom is 0.256 e. The van der Waals surface area contributed by atoms with Crippen LogP contribution in [-0.4, -0.2) is 11.0 Å². The second kappa shape index (κ2) is 5.59. The van der Waals surface area contributed by atoms with Gasteiger partial charge >= 0.3 is 0 Å². The Morgan fingerprint density at radius 3 is 2.85 bits per heavy atom. The molecule has 1 saturated carbocycles. The Hall–Kier alpha value is -1.94. The molecule has 1 heterocycles. The fourth-order valence-electron chi connectivity index (χ4n) is 1.99. The quantitative estimate of drug-likeness (QED) is 0.903. The minimum absolute atomic E-state index is 0.0365. The van der Waals surface area contributed by atoms with Crippen molar-refractivity contribution in [3.05, 3.63) is 53.5 Å². The van der Waals surface area contributed by atoms with Gasteiger partial charge in [-0.05, 0) is 37.5 Å². The Bertz CT molecular complexity index is 611. The molecule has 3 rings (SSSR count). The maximum atomic E-state index is 14.3. The van der Waals surface area contributed by atoms with Crippen LogP contribution in [0.25, 0.3) is 0 Å². The number of hydrogen-bond donors (Lipinski definition) is 1. The molecule has 1 N–H and O–H groups in total. The smallest absolute Gasteiger partial charge is 0.256 e. The molecule has 0 radical (unpaired) electrons. The standard InChI is InChI=1S/C16H17FN2O/c1-11-4-2-3-5-14(11)20-16-15(17)12(8-9-18-16)10-19-13-6-7-13/h2-5,8-9,13,19H,6-7,10H2,1H3. The summed E-state index contributed by atoms with van der Waals surface area (Å²) in [6.45, 7) is 2.44. The van der Waals surface area contributed by atoms with E-state index in [1.165, 1.54) is 12.8 Å². The minimum atomic E-state index is -0.385. The predicted molar refractivity (Wildman–Crippen MR) is 75.3 cm³/mol. The highest BCUT2D eigenvalue weighted by molar-refractivity contribution is 5.36. The van der Waals surface area contributed by atoms with Gasteiger partial charge in [-0.3, -0.25) is 0 Å². The van der Waals surface area contributed by atoms with Crippen molar-refractivity contribution in [2.75, 3.05) is 0 Å². The molecule has 2 aromatic rings. The average molecular weight is 272 g/mol. The lowest BCUT2D eigenvalue weighted by atomic mass is 10.2. The fraction of sp³-hybridized carbons (Fsp3) is 0.312. The van der Waals surface area contributed by atoms with Crippen molar-refractivity contribution in [2.24, 2.45) is 0 Å². The summed E-state index contributed by atoms with van der Waals surface area (Å²) >= 11 is 0. The van der Waals surface area contributed by atoms with Crippen molar-refractivity contribution in [1.29, 1.82) is 0 Å². The van der Waals surface area contributed by atoms with Crippen LogP contribution in [0.4, 0.5) is 4.39 Å². The molecule has 1 aromatic carbocycles. The first-order chi connectivity index (χ1) is 9.74. The number of hydrogen-bond acceptors (Lipinski definition) is 3. The minimum Gasteiger partial charge on any atom is -0.436 e. The molecule has 4 heteroatoms. The Kier molecular flexibility index (Phi) is 3.65. The van der Waals surface area contributed by atoms with Gasteiger partial charge in [-0.2, -0.15) is 0 Å². The number of nitrogens with one attached hydrogen (secondary N) is 1. The number of aryl methyl sites for hydroxylation is 1. The van der Waals surface area contributed by atoms with Crippen molar-refractivity contribution < 1.29 is 9.13 Å². The van der Waals surface area contributed by atoms with E-state index in [4.69, 9.17) is 4.74 Å². The van der Waals surface area contributed by atoms with E-state index in [1.807, 2.05) is 31.2 Å². The van der Waals surface area contributed by atoms with Crippen LogP contribution in [0.5, 0.6) is 11.6 Å². The molecule has 3 nitrogen and oxygen atoms in total. The first kappa shape index (κ1) is 13.1. The molecular formula is C16H17FN2O. The van der Waals surface area contributed by atoms with E-state index in [9.17, 15) is 4.39 Å². The summed E-state index contributed by atoms with van der Waals surface area (Å²) in [6.07, 6.45) is 3.94. The van der Waals surface area contributed by atoms with E-state index in [-0.39, 0.29) is 11.7 Å². The summed E-state index contributed by atoms with van der Waals surface area (Å²) in [4.78, 5) is 3.99. The zero-order valence-corrected chi connectivity index (χ0v) is 11.4. The van der Waals surface area contributed by atoms with Gasteiger partial charge in [0.2, 0.25) is 0 Å². The van der Waals surface area contributed by atoms with E-state index < -0.39 is 0 Å². The largest absolute Gasteiger partial charge is 0.436 e. The third kappa shape index (κ3) is 2.96. The van der Waals surface area contributed by atoms with Crippen molar-refractivity contribution in [3.8, 4) is 11.6 Å². The lowest BCUT2D eigenvalue weighted by molar-refractivity contribution is 0.415. The van der Waals surface area contributed by atoms with Gasteiger partial charge in [0.05, 0.1) is 0 Å². The van der Waals surface area contributed by atoms with Crippen LogP contribution in [-0.2, 0) is 6.54 Å². The number of benzene rings is 1. The zero-order valence-electron chi connectivity index (χ0n) is 11.4. The van der Waals surface area contributed by atoms with E-state index in [2.05, 4.69) is 10.3 Å². The summed E-state index contributed by atoms with van der Waals surface area (Å²) in [5, 5.41) is 3.29. The number of para-hydroxylation sites is 1. The van der Waals surface area contributed by atoms with Gasteiger partial charge in [-0.15, -0.1) is 0 Å². The molecule has 0 aliphatic heterocycles. The molecular weight excluding hydrogens is 255 g/mol. The number of nitrogens with zero attached hydrogens (tertiary/aromatic N) is 1. The SMILES string of the molecule is Cc1ccccc1Oc1nccc(CNC2CC2)c1F. The monoisotopic (exact) mass is 272 g/mol. The number of halogens is 1. The summed E-state index contributed by atoms with van der Waals surface area (Å²) in [6, 6.07) is 9.75. The van der Waals surface area contributed by atoms with E-state index in [0.717, 1.165) is 5.56 Å². The summed E-state index contributed by atoms with van der Waals surface area (Å²) in [5.41, 5.74) is 1.55. The summed E-state index contributed by atoms with van der Waals surface area (Å²) in [7, 11) is 0. The molecule has 1 aromatic heterocycles. The van der Waals surface area contributed by atoms with Crippen LogP contribution in [0.2, 0.25) is 0 Å². The van der Waals surface area contributed by atoms with Gasteiger partial charge in [-0.1, -0.05) is 18.2 Å². The van der Waals surface area contributed by atoms with Crippen molar-refractivity contribution in [3.63, 3.8) is 0 Å². The lowest BCUT2D eigenvalue weighted by Crippen LogP contribution is -2.16. The highest BCUT2D eigenvalue weighted by Gasteiger charge is 2.21. The molecule has 0 amide bonds. The van der Waals surface area contributed by atoms with E-state index >= 15 is 0 Å². The molecule has 104 valence electrons. The zero-order chi connectivity index (χ0) is 13.9. The summed E-state index contributed by atoms with van der Waals surface area (Å²) in [5.74, 6) is 0.282. The highest BCUT2D eigenvalue weighted by Crippen LogP contribution is 2.27. The van der Waals surface area contributed by atoms with Gasteiger partial charge in [0, 0.05) is 24.3 Å². The number of ether oxygens (including phenoxy) is 1. The Morgan fingerprint density at radius 2 is 2.10 bits per heavy atom. The van der Waals surface area contributed by atoms with Gasteiger partial charge < -0.3 is 10.1 Å². The van der Waals surface area contributed by atoms with Gasteiger partial charge in [0.25, 0.3) is 5.88 Å². The maximum absolute atomic E-state index is 14.3. The number of pyridine rings is 1. The second-order valence-electron chi connectivity index (χ2n) is 5.11. The fourth-order valence-corrected chi connectivity index (χ4v) is 1.99. The van der Waals surface area contributed by atoms with Crippen LogP contribution in [0.1, 0.15) is 24.0 Å². The van der Waals surface area contributed by atoms with Gasteiger partial charge in [-0.25, -0.2) is 9.37 Å². The molecule has 0 bridgehead atoms. The van der Waals surface area contributed by atoms with Gasteiger partial charge in [0.15, 0.2) is 5.82 Å². The van der Waals surface area contributed by atoms with Crippen LogP contribution in [0, 0.1) is 12.7 Å².